The molecule has 1 N–H and O–H groups in total. The minimum Gasteiger partial charge on any atom is -0.305 e. The largest absolute Gasteiger partial charge is 0.305 e. The van der Waals surface area contributed by atoms with Crippen molar-refractivity contribution in [3.8, 4) is 0 Å². The number of nitrogens with one attached hydrogen (secondary N) is 1. The topological polar surface area (TPSA) is 72.7 Å². The van der Waals surface area contributed by atoms with Crippen LogP contribution in [0.4, 0.5) is 5.82 Å². The number of hydrogen-bond donors (Lipinski definition) is 1. The Morgan fingerprint density at radius 3 is 2.82 bits per heavy atom. The first-order valence-corrected chi connectivity index (χ1v) is 6.89. The number of anilines is 1. The summed E-state index contributed by atoms with van der Waals surface area (Å²) < 4.78 is 1.63. The lowest BCUT2D eigenvalue weighted by Crippen LogP contribution is -2.13. The number of aryl methyl sites for hydroxylation is 1. The second kappa shape index (κ2) is 6.17. The highest BCUT2D eigenvalue weighted by Crippen LogP contribution is 2.07. The number of carbonyl (C=O) groups excluding carboxylic acids is 1. The van der Waals surface area contributed by atoms with Crippen molar-refractivity contribution in [1.29, 1.82) is 0 Å². The van der Waals surface area contributed by atoms with Crippen LogP contribution in [0.25, 0.3) is 0 Å². The molecule has 0 aliphatic rings. The molecular weight excluding hydrogens is 278 g/mol. The van der Waals surface area contributed by atoms with E-state index >= 15 is 0 Å². The van der Waals surface area contributed by atoms with Gasteiger partial charge in [-0.3, -0.25) is 4.79 Å². The molecule has 0 fully saturated rings. The van der Waals surface area contributed by atoms with Crippen LogP contribution in [-0.2, 0) is 6.54 Å². The van der Waals surface area contributed by atoms with Gasteiger partial charge in [0.25, 0.3) is 5.91 Å². The van der Waals surface area contributed by atoms with Gasteiger partial charge in [-0.1, -0.05) is 35.5 Å². The van der Waals surface area contributed by atoms with E-state index in [1.165, 1.54) is 0 Å². The summed E-state index contributed by atoms with van der Waals surface area (Å²) in [5, 5.41) is 10.6. The van der Waals surface area contributed by atoms with Crippen LogP contribution in [0, 0.1) is 6.92 Å². The smallest absolute Gasteiger partial charge is 0.278 e. The predicted molar refractivity (Wildman–Crippen MR) is 82.5 cm³/mol. The lowest BCUT2D eigenvalue weighted by Gasteiger charge is -2.02. The number of hydrogen-bond acceptors (Lipinski definition) is 4. The van der Waals surface area contributed by atoms with Gasteiger partial charge in [-0.15, -0.1) is 5.10 Å². The molecule has 1 aromatic carbocycles. The van der Waals surface area contributed by atoms with E-state index < -0.39 is 0 Å². The average Bonchev–Trinajstić information content (AvgIpc) is 2.97. The molecule has 0 bridgehead atoms. The fourth-order valence-electron chi connectivity index (χ4n) is 2.04. The lowest BCUT2D eigenvalue weighted by atomic mass is 10.2. The zero-order valence-corrected chi connectivity index (χ0v) is 12.1. The fourth-order valence-corrected chi connectivity index (χ4v) is 2.04. The number of benzene rings is 1. The number of nitrogens with zero attached hydrogens (tertiary/aromatic N) is 4. The highest BCUT2D eigenvalue weighted by Gasteiger charge is 2.11. The summed E-state index contributed by atoms with van der Waals surface area (Å²) in [5.74, 6) is 0.181. The molecule has 1 amide bonds. The van der Waals surface area contributed by atoms with Crippen LogP contribution in [0.1, 0.15) is 21.6 Å². The first-order valence-electron chi connectivity index (χ1n) is 6.89. The summed E-state index contributed by atoms with van der Waals surface area (Å²) >= 11 is 0. The van der Waals surface area contributed by atoms with Gasteiger partial charge in [0.2, 0.25) is 0 Å². The number of carbonyl (C=O) groups is 1. The highest BCUT2D eigenvalue weighted by atomic mass is 16.2. The van der Waals surface area contributed by atoms with Crippen molar-refractivity contribution in [2.24, 2.45) is 0 Å². The Morgan fingerprint density at radius 2 is 2.05 bits per heavy atom. The zero-order valence-electron chi connectivity index (χ0n) is 12.1. The van der Waals surface area contributed by atoms with Crippen LogP contribution in [0.15, 0.2) is 54.9 Å². The highest BCUT2D eigenvalue weighted by molar-refractivity contribution is 6.02. The molecule has 0 saturated heterocycles. The SMILES string of the molecule is Cc1ccnc(NC(=O)c2cn(Cc3ccccc3)nn2)c1. The standard InChI is InChI=1S/C16H15N5O/c1-12-7-8-17-15(9-12)18-16(22)14-11-21(20-19-14)10-13-5-3-2-4-6-13/h2-9,11H,10H2,1H3,(H,17,18,22). The first kappa shape index (κ1) is 13.9. The van der Waals surface area contributed by atoms with Gasteiger partial charge in [-0.05, 0) is 30.2 Å². The van der Waals surface area contributed by atoms with Crippen molar-refractivity contribution in [2.75, 3.05) is 5.32 Å². The maximum absolute atomic E-state index is 12.1. The third-order valence-electron chi connectivity index (χ3n) is 3.12. The summed E-state index contributed by atoms with van der Waals surface area (Å²) in [6, 6.07) is 13.5. The Hall–Kier alpha value is -3.02. The number of rotatable bonds is 4. The number of aromatic nitrogens is 4. The van der Waals surface area contributed by atoms with Gasteiger partial charge < -0.3 is 5.32 Å². The van der Waals surface area contributed by atoms with Crippen molar-refractivity contribution in [1.82, 2.24) is 20.0 Å². The van der Waals surface area contributed by atoms with E-state index in [1.807, 2.05) is 43.3 Å². The minimum atomic E-state index is -0.322. The third kappa shape index (κ3) is 3.35. The van der Waals surface area contributed by atoms with Gasteiger partial charge in [0.15, 0.2) is 5.69 Å². The zero-order chi connectivity index (χ0) is 15.4. The quantitative estimate of drug-likeness (QED) is 0.801. The Morgan fingerprint density at radius 1 is 1.23 bits per heavy atom. The maximum Gasteiger partial charge on any atom is 0.278 e. The fraction of sp³-hybridized carbons (Fsp3) is 0.125. The molecule has 6 heteroatoms. The van der Waals surface area contributed by atoms with E-state index in [-0.39, 0.29) is 11.6 Å². The number of pyridine rings is 1. The predicted octanol–water partition coefficient (Wildman–Crippen LogP) is 2.28. The average molecular weight is 293 g/mol. The van der Waals surface area contributed by atoms with Gasteiger partial charge in [-0.2, -0.15) is 0 Å². The summed E-state index contributed by atoms with van der Waals surface area (Å²) in [7, 11) is 0. The summed E-state index contributed by atoms with van der Waals surface area (Å²) in [5.41, 5.74) is 2.39. The van der Waals surface area contributed by atoms with Crippen molar-refractivity contribution in [2.45, 2.75) is 13.5 Å². The molecule has 3 aromatic rings. The first-order chi connectivity index (χ1) is 10.7. The van der Waals surface area contributed by atoms with Crippen molar-refractivity contribution in [3.05, 3.63) is 71.7 Å². The molecule has 6 nitrogen and oxygen atoms in total. The molecule has 0 saturated carbocycles. The normalized spacial score (nSPS) is 10.4. The second-order valence-corrected chi connectivity index (χ2v) is 4.96. The Bertz CT molecular complexity index is 782. The monoisotopic (exact) mass is 293 g/mol. The Kier molecular flexibility index (Phi) is 3.91. The summed E-state index contributed by atoms with van der Waals surface area (Å²) in [6.07, 6.45) is 3.27. The minimum absolute atomic E-state index is 0.263. The Balaban J connectivity index is 1.69. The van der Waals surface area contributed by atoms with Crippen LogP contribution in [-0.4, -0.2) is 25.9 Å². The van der Waals surface area contributed by atoms with Gasteiger partial charge in [0.05, 0.1) is 12.7 Å². The molecule has 0 aliphatic carbocycles. The molecule has 2 heterocycles. The molecule has 2 aromatic heterocycles. The van der Waals surface area contributed by atoms with Crippen LogP contribution < -0.4 is 5.32 Å². The van der Waals surface area contributed by atoms with Crippen molar-refractivity contribution < 1.29 is 4.79 Å². The van der Waals surface area contributed by atoms with E-state index in [4.69, 9.17) is 0 Å². The molecule has 22 heavy (non-hydrogen) atoms. The van der Waals surface area contributed by atoms with Gasteiger partial charge in [0.1, 0.15) is 5.82 Å². The molecule has 3 rings (SSSR count). The van der Waals surface area contributed by atoms with Crippen LogP contribution in [0.2, 0.25) is 0 Å². The van der Waals surface area contributed by atoms with Crippen molar-refractivity contribution >= 4 is 11.7 Å². The molecule has 0 atom stereocenters. The molecule has 110 valence electrons. The van der Waals surface area contributed by atoms with Crippen LogP contribution >= 0.6 is 0 Å². The van der Waals surface area contributed by atoms with E-state index in [1.54, 1.807) is 23.1 Å². The van der Waals surface area contributed by atoms with E-state index in [0.717, 1.165) is 11.1 Å². The van der Waals surface area contributed by atoms with Crippen LogP contribution in [0.5, 0.6) is 0 Å². The molecule has 0 unspecified atom stereocenters. The van der Waals surface area contributed by atoms with Crippen molar-refractivity contribution in [3.63, 3.8) is 0 Å². The molecular formula is C16H15N5O. The summed E-state index contributed by atoms with van der Waals surface area (Å²) in [4.78, 5) is 16.2. The van der Waals surface area contributed by atoms with Crippen LogP contribution in [0.3, 0.4) is 0 Å². The summed E-state index contributed by atoms with van der Waals surface area (Å²) in [6.45, 7) is 2.51. The van der Waals surface area contributed by atoms with Gasteiger partial charge in [0, 0.05) is 6.20 Å². The maximum atomic E-state index is 12.1. The van der Waals surface area contributed by atoms with E-state index in [2.05, 4.69) is 20.6 Å². The second-order valence-electron chi connectivity index (χ2n) is 4.96. The third-order valence-corrected chi connectivity index (χ3v) is 3.12. The molecule has 0 radical (unpaired) electrons. The molecule has 0 spiro atoms. The van der Waals surface area contributed by atoms with E-state index in [0.29, 0.717) is 12.4 Å². The van der Waals surface area contributed by atoms with E-state index in [9.17, 15) is 4.79 Å². The number of amides is 1. The lowest BCUT2D eigenvalue weighted by molar-refractivity contribution is 0.102. The Labute approximate surface area is 127 Å². The van der Waals surface area contributed by atoms with Gasteiger partial charge >= 0.3 is 0 Å². The molecule has 0 aliphatic heterocycles. The van der Waals surface area contributed by atoms with Gasteiger partial charge in [-0.25, -0.2) is 9.67 Å².